The summed E-state index contributed by atoms with van der Waals surface area (Å²) < 4.78 is 37.7. The van der Waals surface area contributed by atoms with Gasteiger partial charge in [0.15, 0.2) is 11.6 Å². The monoisotopic (exact) mass is 407 g/mol. The quantitative estimate of drug-likeness (QED) is 0.363. The van der Waals surface area contributed by atoms with E-state index in [-0.39, 0.29) is 25.1 Å². The number of nitrogens with zero attached hydrogens (tertiary/aromatic N) is 4. The van der Waals surface area contributed by atoms with Gasteiger partial charge >= 0.3 is 16.5 Å². The third-order valence-electron chi connectivity index (χ3n) is 5.07. The van der Waals surface area contributed by atoms with E-state index in [1.165, 1.54) is 4.90 Å². The summed E-state index contributed by atoms with van der Waals surface area (Å²) in [4.78, 5) is 20.9. The van der Waals surface area contributed by atoms with Gasteiger partial charge in [-0.2, -0.15) is 13.5 Å². The van der Waals surface area contributed by atoms with E-state index in [0.29, 0.717) is 5.06 Å². The Bertz CT molecular complexity index is 802. The molecule has 5 unspecified atom stereocenters. The van der Waals surface area contributed by atoms with Crippen molar-refractivity contribution in [3.05, 3.63) is 0 Å². The lowest BCUT2D eigenvalue weighted by atomic mass is 9.83. The number of carbonyl (C=O) groups excluding carboxylic acids is 1. The molecule has 5 atom stereocenters. The lowest BCUT2D eigenvalue weighted by Crippen LogP contribution is -2.71. The number of hydroxylamine groups is 2. The molecule has 0 radical (unpaired) electrons. The number of primary amides is 1. The Morgan fingerprint density at radius 2 is 2.04 bits per heavy atom. The van der Waals surface area contributed by atoms with Crippen molar-refractivity contribution in [3.8, 4) is 0 Å². The first-order valence-corrected chi connectivity index (χ1v) is 9.22. The van der Waals surface area contributed by atoms with Crippen LogP contribution in [0.3, 0.4) is 0 Å². The van der Waals surface area contributed by atoms with E-state index >= 15 is 0 Å². The fourth-order valence-corrected chi connectivity index (χ4v) is 4.51. The topological polar surface area (TPSA) is 208 Å². The first-order valence-electron chi connectivity index (χ1n) is 7.89. The third-order valence-corrected chi connectivity index (χ3v) is 5.96. The van der Waals surface area contributed by atoms with Crippen molar-refractivity contribution in [2.75, 3.05) is 20.3 Å². The number of rotatable bonds is 5. The molecule has 0 bridgehead atoms. The molecule has 15 heteroatoms. The number of hydrogen-bond donors (Lipinski definition) is 4. The molecule has 7 N–H and O–H groups in total. The average Bonchev–Trinajstić information content (AvgIpc) is 3.03. The summed E-state index contributed by atoms with van der Waals surface area (Å²) in [5.41, 5.74) is 15.5. The molecule has 3 heterocycles. The van der Waals surface area contributed by atoms with Crippen molar-refractivity contribution in [2.24, 2.45) is 33.1 Å². The molecule has 14 nitrogen and oxygen atoms in total. The van der Waals surface area contributed by atoms with Gasteiger partial charge in [0, 0.05) is 5.92 Å². The van der Waals surface area contributed by atoms with Crippen LogP contribution in [0.1, 0.15) is 6.92 Å². The first-order chi connectivity index (χ1) is 12.5. The first kappa shape index (κ1) is 19.4. The van der Waals surface area contributed by atoms with Crippen LogP contribution in [-0.2, 0) is 23.5 Å². The Kier molecular flexibility index (Phi) is 4.57. The average molecular weight is 407 g/mol. The second-order valence-corrected chi connectivity index (χ2v) is 7.66. The zero-order valence-corrected chi connectivity index (χ0v) is 15.4. The zero-order chi connectivity index (χ0) is 20.1. The lowest BCUT2D eigenvalue weighted by molar-refractivity contribution is -0.170. The van der Waals surface area contributed by atoms with Gasteiger partial charge in [-0.15, -0.1) is 0 Å². The van der Waals surface area contributed by atoms with Crippen LogP contribution in [0.5, 0.6) is 0 Å². The van der Waals surface area contributed by atoms with Gasteiger partial charge < -0.3 is 26.8 Å². The van der Waals surface area contributed by atoms with Crippen molar-refractivity contribution in [3.63, 3.8) is 0 Å². The van der Waals surface area contributed by atoms with Crippen LogP contribution >= 0.6 is 0 Å². The third kappa shape index (κ3) is 2.82. The van der Waals surface area contributed by atoms with E-state index in [1.807, 2.05) is 0 Å². The number of carbonyl (C=O) groups is 1. The van der Waals surface area contributed by atoms with E-state index in [1.54, 1.807) is 6.92 Å². The Labute approximate surface area is 154 Å². The molecular formula is C12H21N7O7S. The maximum Gasteiger partial charge on any atom is 0.404 e. The molecule has 1 fully saturated rings. The molecule has 0 saturated carbocycles. The van der Waals surface area contributed by atoms with Crippen LogP contribution in [-0.4, -0.2) is 85.7 Å². The number of hydrogen-bond acceptors (Lipinski definition) is 13. The highest BCUT2D eigenvalue weighted by Gasteiger charge is 2.68. The largest absolute Gasteiger partial charge is 0.447 e. The minimum absolute atomic E-state index is 0.0268. The van der Waals surface area contributed by atoms with Gasteiger partial charge in [0.25, 0.3) is 0 Å². The maximum atomic E-state index is 11.7. The van der Waals surface area contributed by atoms with Crippen LogP contribution < -0.4 is 17.2 Å². The van der Waals surface area contributed by atoms with Gasteiger partial charge in [-0.25, -0.2) is 19.0 Å². The molecule has 0 aliphatic carbocycles. The summed E-state index contributed by atoms with van der Waals surface area (Å²) in [7, 11) is -3.29. The normalized spacial score (nSPS) is 35.4. The van der Waals surface area contributed by atoms with Gasteiger partial charge in [0.2, 0.25) is 5.96 Å². The number of amides is 1. The number of ether oxygens (including phenoxy) is 1. The molecule has 152 valence electrons. The molecule has 0 aromatic rings. The Balaban J connectivity index is 2.01. The molecule has 3 rings (SSSR count). The SMILES string of the molecule is COS(=O)(=O)OC1CN2C(N)=NC(COC(N)=O)C3N=C(N)N(O)C32C1C. The minimum atomic E-state index is -4.26. The predicted molar refractivity (Wildman–Crippen MR) is 89.4 cm³/mol. The van der Waals surface area contributed by atoms with Gasteiger partial charge in [0.05, 0.1) is 13.7 Å². The van der Waals surface area contributed by atoms with Crippen LogP contribution in [0.4, 0.5) is 4.79 Å². The summed E-state index contributed by atoms with van der Waals surface area (Å²) >= 11 is 0. The van der Waals surface area contributed by atoms with Crippen LogP contribution in [0, 0.1) is 5.92 Å². The maximum absolute atomic E-state index is 11.7. The van der Waals surface area contributed by atoms with Gasteiger partial charge in [0.1, 0.15) is 24.8 Å². The smallest absolute Gasteiger partial charge is 0.404 e. The second-order valence-electron chi connectivity index (χ2n) is 6.32. The molecular weight excluding hydrogens is 386 g/mol. The van der Waals surface area contributed by atoms with Crippen LogP contribution in [0.2, 0.25) is 0 Å². The predicted octanol–water partition coefficient (Wildman–Crippen LogP) is -2.91. The second kappa shape index (κ2) is 6.36. The summed E-state index contributed by atoms with van der Waals surface area (Å²) in [6, 6.07) is -1.63. The Morgan fingerprint density at radius 3 is 2.63 bits per heavy atom. The van der Waals surface area contributed by atoms with Crippen molar-refractivity contribution in [1.82, 2.24) is 9.96 Å². The summed E-state index contributed by atoms with van der Waals surface area (Å²) in [6.45, 7) is 1.36. The van der Waals surface area contributed by atoms with Crippen molar-refractivity contribution in [2.45, 2.75) is 30.8 Å². The minimum Gasteiger partial charge on any atom is -0.447 e. The highest BCUT2D eigenvalue weighted by Crippen LogP contribution is 2.48. The standard InChI is InChI=1S/C12H21N7O7S/c1-5-7(26-27(22,23)24-2)3-18-9(13)16-6(4-25-11(15)20)8-12(5,18)19(21)10(14)17-8/h5-8,21H,3-4H2,1-2H3,(H2,13,16)(H2,14,17)(H2,15,20). The fraction of sp³-hybridized carbons (Fsp3) is 0.750. The molecule has 0 aromatic heterocycles. The van der Waals surface area contributed by atoms with E-state index in [4.69, 9.17) is 26.1 Å². The molecule has 27 heavy (non-hydrogen) atoms. The molecule has 3 aliphatic rings. The van der Waals surface area contributed by atoms with Crippen molar-refractivity contribution in [1.29, 1.82) is 0 Å². The van der Waals surface area contributed by atoms with Gasteiger partial charge in [-0.1, -0.05) is 6.92 Å². The molecule has 0 aromatic carbocycles. The summed E-state index contributed by atoms with van der Waals surface area (Å²) in [5.74, 6) is -0.922. The van der Waals surface area contributed by atoms with E-state index in [2.05, 4.69) is 14.2 Å². The fourth-order valence-electron chi connectivity index (χ4n) is 3.90. The van der Waals surface area contributed by atoms with Crippen LogP contribution in [0.15, 0.2) is 9.98 Å². The Hall–Kier alpha value is -2.36. The summed E-state index contributed by atoms with van der Waals surface area (Å²) in [5, 5.41) is 11.4. The lowest BCUT2D eigenvalue weighted by Gasteiger charge is -2.49. The van der Waals surface area contributed by atoms with E-state index < -0.39 is 46.3 Å². The van der Waals surface area contributed by atoms with Gasteiger partial charge in [-0.05, 0) is 0 Å². The highest BCUT2D eigenvalue weighted by molar-refractivity contribution is 7.81. The van der Waals surface area contributed by atoms with Gasteiger partial charge in [-0.3, -0.25) is 9.39 Å². The van der Waals surface area contributed by atoms with E-state index in [9.17, 15) is 18.4 Å². The number of nitrogens with two attached hydrogens (primary N) is 3. The molecule has 1 amide bonds. The highest BCUT2D eigenvalue weighted by atomic mass is 32.3. The van der Waals surface area contributed by atoms with Crippen molar-refractivity contribution < 1.29 is 31.5 Å². The molecule has 1 spiro atoms. The molecule has 1 saturated heterocycles. The zero-order valence-electron chi connectivity index (χ0n) is 14.5. The summed E-state index contributed by atoms with van der Waals surface area (Å²) in [6.07, 6.45) is -1.96. The van der Waals surface area contributed by atoms with Crippen molar-refractivity contribution >= 4 is 28.4 Å². The molecule has 3 aliphatic heterocycles. The Morgan fingerprint density at radius 1 is 1.37 bits per heavy atom. The van der Waals surface area contributed by atoms with Crippen LogP contribution in [0.25, 0.3) is 0 Å². The number of aliphatic imine (C=N–C) groups is 2. The number of guanidine groups is 2. The van der Waals surface area contributed by atoms with E-state index in [0.717, 1.165) is 7.11 Å².